The van der Waals surface area contributed by atoms with Gasteiger partial charge in [-0.1, -0.05) is 0 Å². The second kappa shape index (κ2) is 3.44. The molecular formula is C11H9FN2O2. The van der Waals surface area contributed by atoms with Crippen LogP contribution in [0, 0.1) is 5.82 Å². The summed E-state index contributed by atoms with van der Waals surface area (Å²) >= 11 is 0. The number of hydrogen-bond donors (Lipinski definition) is 1. The number of fused-ring (bicyclic) bond motifs is 1. The van der Waals surface area contributed by atoms with E-state index in [4.69, 9.17) is 5.73 Å². The number of pyridine rings is 1. The molecule has 4 nitrogen and oxygen atoms in total. The van der Waals surface area contributed by atoms with Crippen molar-refractivity contribution in [1.82, 2.24) is 4.57 Å². The molecule has 0 unspecified atom stereocenters. The zero-order valence-electron chi connectivity index (χ0n) is 8.53. The molecule has 0 fully saturated rings. The fourth-order valence-electron chi connectivity index (χ4n) is 1.62. The van der Waals surface area contributed by atoms with Crippen molar-refractivity contribution in [2.45, 2.75) is 0 Å². The Hall–Kier alpha value is -2.17. The first-order valence-electron chi connectivity index (χ1n) is 4.60. The number of aromatic nitrogens is 1. The third-order valence-corrected chi connectivity index (χ3v) is 2.45. The highest BCUT2D eigenvalue weighted by Gasteiger charge is 2.10. The summed E-state index contributed by atoms with van der Waals surface area (Å²) in [6.07, 6.45) is 0. The quantitative estimate of drug-likeness (QED) is 0.771. The van der Waals surface area contributed by atoms with Gasteiger partial charge < -0.3 is 10.3 Å². The minimum Gasteiger partial charge on any atom is -0.364 e. The molecule has 0 radical (unpaired) electrons. The van der Waals surface area contributed by atoms with E-state index in [0.717, 1.165) is 4.57 Å². The third-order valence-electron chi connectivity index (χ3n) is 2.45. The van der Waals surface area contributed by atoms with Crippen molar-refractivity contribution >= 4 is 16.7 Å². The minimum atomic E-state index is -0.717. The van der Waals surface area contributed by atoms with Crippen LogP contribution in [0.2, 0.25) is 0 Å². The van der Waals surface area contributed by atoms with Crippen LogP contribution in [0.1, 0.15) is 10.5 Å². The predicted octanol–water partition coefficient (Wildman–Crippen LogP) is 0.777. The zero-order valence-corrected chi connectivity index (χ0v) is 8.53. The number of nitrogens with two attached hydrogens (primary N) is 1. The molecule has 1 heterocycles. The highest BCUT2D eigenvalue weighted by molar-refractivity contribution is 5.95. The Bertz CT molecular complexity index is 646. The smallest absolute Gasteiger partial charge is 0.265 e. The van der Waals surface area contributed by atoms with Gasteiger partial charge in [-0.05, 0) is 29.7 Å². The van der Waals surface area contributed by atoms with Gasteiger partial charge in [-0.15, -0.1) is 0 Å². The molecule has 82 valence electrons. The Labute approximate surface area is 90.1 Å². The van der Waals surface area contributed by atoms with Crippen LogP contribution in [0.5, 0.6) is 0 Å². The van der Waals surface area contributed by atoms with Crippen molar-refractivity contribution in [3.8, 4) is 0 Å². The van der Waals surface area contributed by atoms with Gasteiger partial charge in [0.25, 0.3) is 11.5 Å². The summed E-state index contributed by atoms with van der Waals surface area (Å²) < 4.78 is 14.1. The lowest BCUT2D eigenvalue weighted by Crippen LogP contribution is -2.26. The molecule has 0 atom stereocenters. The molecule has 1 aromatic heterocycles. The first kappa shape index (κ1) is 10.4. The highest BCUT2D eigenvalue weighted by atomic mass is 19.1. The van der Waals surface area contributed by atoms with E-state index in [9.17, 15) is 14.0 Å². The van der Waals surface area contributed by atoms with Crippen molar-refractivity contribution in [2.24, 2.45) is 12.8 Å². The monoisotopic (exact) mass is 220 g/mol. The molecule has 16 heavy (non-hydrogen) atoms. The Kier molecular flexibility index (Phi) is 2.23. The van der Waals surface area contributed by atoms with Crippen molar-refractivity contribution in [3.05, 3.63) is 46.1 Å². The van der Waals surface area contributed by atoms with Crippen molar-refractivity contribution < 1.29 is 9.18 Å². The minimum absolute atomic E-state index is 0.0584. The molecule has 0 aliphatic rings. The lowest BCUT2D eigenvalue weighted by Gasteiger charge is -2.06. The number of halogens is 1. The fourth-order valence-corrected chi connectivity index (χ4v) is 1.62. The maximum atomic E-state index is 13.0. The van der Waals surface area contributed by atoms with Crippen molar-refractivity contribution in [1.29, 1.82) is 0 Å². The lowest BCUT2D eigenvalue weighted by molar-refractivity contribution is 0.0991. The average Bonchev–Trinajstić information content (AvgIpc) is 2.22. The number of carbonyl (C=O) groups is 1. The lowest BCUT2D eigenvalue weighted by atomic mass is 10.1. The summed E-state index contributed by atoms with van der Waals surface area (Å²) in [6.45, 7) is 0. The SMILES string of the molecule is Cn1c(C(N)=O)cc2cc(F)ccc2c1=O. The maximum Gasteiger partial charge on any atom is 0.265 e. The number of hydrogen-bond acceptors (Lipinski definition) is 2. The highest BCUT2D eigenvalue weighted by Crippen LogP contribution is 2.13. The van der Waals surface area contributed by atoms with Crippen LogP contribution >= 0.6 is 0 Å². The van der Waals surface area contributed by atoms with Gasteiger partial charge in [0.2, 0.25) is 0 Å². The van der Waals surface area contributed by atoms with E-state index in [1.165, 1.54) is 31.3 Å². The summed E-state index contributed by atoms with van der Waals surface area (Å²) in [5.41, 5.74) is 4.81. The van der Waals surface area contributed by atoms with E-state index in [1.807, 2.05) is 0 Å². The second-order valence-corrected chi connectivity index (χ2v) is 3.49. The van der Waals surface area contributed by atoms with Crippen LogP contribution in [-0.2, 0) is 7.05 Å². The molecule has 2 N–H and O–H groups in total. The molecule has 1 amide bonds. The molecule has 0 bridgehead atoms. The molecule has 1 aromatic carbocycles. The van der Waals surface area contributed by atoms with Crippen LogP contribution in [0.25, 0.3) is 10.8 Å². The van der Waals surface area contributed by atoms with E-state index in [1.54, 1.807) is 0 Å². The number of carbonyl (C=O) groups excluding carboxylic acids is 1. The average molecular weight is 220 g/mol. The second-order valence-electron chi connectivity index (χ2n) is 3.49. The molecule has 0 aliphatic carbocycles. The Balaban J connectivity index is 2.94. The Morgan fingerprint density at radius 1 is 1.38 bits per heavy atom. The number of primary amides is 1. The van der Waals surface area contributed by atoms with Crippen LogP contribution in [0.4, 0.5) is 4.39 Å². The Morgan fingerprint density at radius 2 is 2.06 bits per heavy atom. The van der Waals surface area contributed by atoms with Gasteiger partial charge in [0.05, 0.1) is 0 Å². The normalized spacial score (nSPS) is 10.6. The molecule has 0 saturated heterocycles. The van der Waals surface area contributed by atoms with Crippen LogP contribution < -0.4 is 11.3 Å². The summed E-state index contributed by atoms with van der Waals surface area (Å²) in [5, 5.41) is 0.728. The summed E-state index contributed by atoms with van der Waals surface area (Å²) in [6, 6.07) is 5.19. The van der Waals surface area contributed by atoms with Gasteiger partial charge in [0, 0.05) is 12.4 Å². The van der Waals surface area contributed by atoms with Gasteiger partial charge in [0.15, 0.2) is 0 Å². The van der Waals surface area contributed by atoms with Crippen molar-refractivity contribution in [3.63, 3.8) is 0 Å². The van der Waals surface area contributed by atoms with Gasteiger partial charge in [0.1, 0.15) is 11.5 Å². The van der Waals surface area contributed by atoms with E-state index >= 15 is 0 Å². The molecule has 2 rings (SSSR count). The topological polar surface area (TPSA) is 65.1 Å². The zero-order chi connectivity index (χ0) is 11.9. The van der Waals surface area contributed by atoms with Gasteiger partial charge >= 0.3 is 0 Å². The number of rotatable bonds is 1. The maximum absolute atomic E-state index is 13.0. The molecule has 5 heteroatoms. The van der Waals surface area contributed by atoms with Crippen LogP contribution in [0.3, 0.4) is 0 Å². The number of amides is 1. The predicted molar refractivity (Wildman–Crippen MR) is 57.7 cm³/mol. The van der Waals surface area contributed by atoms with Crippen LogP contribution in [-0.4, -0.2) is 10.5 Å². The molecular weight excluding hydrogens is 211 g/mol. The van der Waals surface area contributed by atoms with Gasteiger partial charge in [-0.2, -0.15) is 0 Å². The van der Waals surface area contributed by atoms with E-state index < -0.39 is 11.7 Å². The summed E-state index contributed by atoms with van der Waals surface area (Å²) in [5.74, 6) is -1.18. The first-order chi connectivity index (χ1) is 7.50. The van der Waals surface area contributed by atoms with Crippen molar-refractivity contribution in [2.75, 3.05) is 0 Å². The summed E-state index contributed by atoms with van der Waals surface area (Å²) in [7, 11) is 1.45. The first-order valence-corrected chi connectivity index (χ1v) is 4.60. The Morgan fingerprint density at radius 3 is 2.69 bits per heavy atom. The molecule has 0 saturated carbocycles. The molecule has 2 aromatic rings. The van der Waals surface area contributed by atoms with E-state index in [-0.39, 0.29) is 11.3 Å². The van der Waals surface area contributed by atoms with Crippen LogP contribution in [0.15, 0.2) is 29.1 Å². The number of benzene rings is 1. The third kappa shape index (κ3) is 1.46. The van der Waals surface area contributed by atoms with E-state index in [2.05, 4.69) is 0 Å². The molecule has 0 spiro atoms. The standard InChI is InChI=1S/C11H9FN2O2/c1-14-9(10(13)15)5-6-4-7(12)2-3-8(6)11(14)16/h2-5H,1H3,(H2,13,15). The van der Waals surface area contributed by atoms with Gasteiger partial charge in [-0.3, -0.25) is 9.59 Å². The molecule has 0 aliphatic heterocycles. The fraction of sp³-hybridized carbons (Fsp3) is 0.0909. The van der Waals surface area contributed by atoms with E-state index in [0.29, 0.717) is 10.8 Å². The largest absolute Gasteiger partial charge is 0.364 e. The van der Waals surface area contributed by atoms with Gasteiger partial charge in [-0.25, -0.2) is 4.39 Å². The summed E-state index contributed by atoms with van der Waals surface area (Å²) in [4.78, 5) is 22.9. The number of nitrogens with zero attached hydrogens (tertiary/aromatic N) is 1.